The summed E-state index contributed by atoms with van der Waals surface area (Å²) >= 11 is 0. The van der Waals surface area contributed by atoms with E-state index in [0.29, 0.717) is 12.1 Å². The monoisotopic (exact) mass is 260 g/mol. The molecule has 1 aromatic heterocycles. The Labute approximate surface area is 113 Å². The number of nitrogens with zero attached hydrogens (tertiary/aromatic N) is 1. The quantitative estimate of drug-likeness (QED) is 0.877. The summed E-state index contributed by atoms with van der Waals surface area (Å²) in [6.07, 6.45) is 3.29. The molecule has 0 bridgehead atoms. The molecule has 2 nitrogen and oxygen atoms in total. The third-order valence-corrected chi connectivity index (χ3v) is 4.15. The lowest BCUT2D eigenvalue weighted by Gasteiger charge is -2.26. The molecule has 1 aliphatic carbocycles. The largest absolute Gasteiger partial charge is 0.347 e. The first kappa shape index (κ1) is 12.7. The molecule has 1 atom stereocenters. The topological polar surface area (TPSA) is 17.0 Å². The average molecular weight is 260 g/mol. The molecule has 0 fully saturated rings. The minimum absolute atomic E-state index is 0.151. The molecule has 0 spiro atoms. The van der Waals surface area contributed by atoms with Crippen LogP contribution in [-0.2, 0) is 19.9 Å². The normalized spacial score (nSPS) is 19.1. The fourth-order valence-corrected chi connectivity index (χ4v) is 3.36. The Morgan fingerprint density at radius 1 is 1.37 bits per heavy atom. The van der Waals surface area contributed by atoms with Gasteiger partial charge in [0, 0.05) is 30.2 Å². The first-order valence-electron chi connectivity index (χ1n) is 7.08. The minimum Gasteiger partial charge on any atom is -0.347 e. The molecule has 1 heterocycles. The molecule has 1 unspecified atom stereocenters. The Kier molecular flexibility index (Phi) is 3.09. The van der Waals surface area contributed by atoms with Crippen LogP contribution in [0.4, 0.5) is 4.39 Å². The molecular formula is C16H21FN2. The highest BCUT2D eigenvalue weighted by Crippen LogP contribution is 2.32. The van der Waals surface area contributed by atoms with Crippen LogP contribution in [0.25, 0.3) is 10.9 Å². The molecule has 0 amide bonds. The predicted molar refractivity (Wildman–Crippen MR) is 77.0 cm³/mol. The highest BCUT2D eigenvalue weighted by Gasteiger charge is 2.24. The molecule has 0 saturated heterocycles. The standard InChI is InChI=1S/C16H21FN2/c1-10(2)18-12-5-7-15-14(9-12)13-6-4-11(17)8-16(13)19(15)3/h4,6,8,10,12,18H,5,7,9H2,1-3H3. The summed E-state index contributed by atoms with van der Waals surface area (Å²) in [4.78, 5) is 0. The van der Waals surface area contributed by atoms with Gasteiger partial charge in [-0.3, -0.25) is 0 Å². The third kappa shape index (κ3) is 2.16. The molecule has 19 heavy (non-hydrogen) atoms. The Hall–Kier alpha value is -1.35. The second kappa shape index (κ2) is 4.64. The number of benzene rings is 1. The number of halogens is 1. The van der Waals surface area contributed by atoms with Gasteiger partial charge in [0.15, 0.2) is 0 Å². The van der Waals surface area contributed by atoms with Gasteiger partial charge in [-0.25, -0.2) is 4.39 Å². The third-order valence-electron chi connectivity index (χ3n) is 4.15. The number of nitrogens with one attached hydrogen (secondary N) is 1. The van der Waals surface area contributed by atoms with Crippen molar-refractivity contribution in [3.8, 4) is 0 Å². The van der Waals surface area contributed by atoms with Crippen LogP contribution in [0.2, 0.25) is 0 Å². The fourth-order valence-electron chi connectivity index (χ4n) is 3.36. The van der Waals surface area contributed by atoms with Gasteiger partial charge >= 0.3 is 0 Å². The van der Waals surface area contributed by atoms with Gasteiger partial charge in [-0.05, 0) is 43.0 Å². The summed E-state index contributed by atoms with van der Waals surface area (Å²) in [7, 11) is 2.05. The van der Waals surface area contributed by atoms with E-state index in [1.807, 2.05) is 6.07 Å². The molecule has 1 aliphatic rings. The summed E-state index contributed by atoms with van der Waals surface area (Å²) in [6.45, 7) is 4.38. The number of rotatable bonds is 2. The summed E-state index contributed by atoms with van der Waals surface area (Å²) in [5.41, 5.74) is 3.81. The zero-order valence-electron chi connectivity index (χ0n) is 11.8. The van der Waals surface area contributed by atoms with E-state index in [0.717, 1.165) is 24.8 Å². The lowest BCUT2D eigenvalue weighted by atomic mass is 9.91. The maximum Gasteiger partial charge on any atom is 0.125 e. The number of fused-ring (bicyclic) bond motifs is 3. The van der Waals surface area contributed by atoms with Crippen LogP contribution in [-0.4, -0.2) is 16.7 Å². The second-order valence-corrected chi connectivity index (χ2v) is 5.91. The maximum atomic E-state index is 13.4. The van der Waals surface area contributed by atoms with Crippen molar-refractivity contribution in [2.75, 3.05) is 0 Å². The maximum absolute atomic E-state index is 13.4. The van der Waals surface area contributed by atoms with Crippen LogP contribution in [0.15, 0.2) is 18.2 Å². The first-order valence-corrected chi connectivity index (χ1v) is 7.08. The van der Waals surface area contributed by atoms with Gasteiger partial charge in [0.1, 0.15) is 5.82 Å². The van der Waals surface area contributed by atoms with E-state index in [-0.39, 0.29) is 5.82 Å². The second-order valence-electron chi connectivity index (χ2n) is 5.91. The summed E-state index contributed by atoms with van der Waals surface area (Å²) in [6, 6.07) is 6.21. The molecule has 102 valence electrons. The van der Waals surface area contributed by atoms with Crippen molar-refractivity contribution < 1.29 is 4.39 Å². The summed E-state index contributed by atoms with van der Waals surface area (Å²) < 4.78 is 15.6. The van der Waals surface area contributed by atoms with E-state index in [1.54, 1.807) is 12.1 Å². The molecule has 1 N–H and O–H groups in total. The van der Waals surface area contributed by atoms with Crippen molar-refractivity contribution in [2.24, 2.45) is 7.05 Å². The van der Waals surface area contributed by atoms with Crippen molar-refractivity contribution in [3.63, 3.8) is 0 Å². The van der Waals surface area contributed by atoms with E-state index in [9.17, 15) is 4.39 Å². The lowest BCUT2D eigenvalue weighted by molar-refractivity contribution is 0.418. The van der Waals surface area contributed by atoms with E-state index < -0.39 is 0 Å². The van der Waals surface area contributed by atoms with Crippen LogP contribution in [0, 0.1) is 5.82 Å². The lowest BCUT2D eigenvalue weighted by Crippen LogP contribution is -2.38. The molecule has 3 rings (SSSR count). The van der Waals surface area contributed by atoms with Crippen molar-refractivity contribution in [1.29, 1.82) is 0 Å². The van der Waals surface area contributed by atoms with E-state index in [1.165, 1.54) is 16.6 Å². The molecule has 1 aromatic carbocycles. The van der Waals surface area contributed by atoms with E-state index >= 15 is 0 Å². The Bertz CT molecular complexity index is 613. The zero-order chi connectivity index (χ0) is 13.6. The Morgan fingerprint density at radius 2 is 2.16 bits per heavy atom. The molecule has 2 aromatic rings. The molecule has 0 saturated carbocycles. The van der Waals surface area contributed by atoms with Gasteiger partial charge in [-0.15, -0.1) is 0 Å². The predicted octanol–water partition coefficient (Wildman–Crippen LogP) is 3.17. The van der Waals surface area contributed by atoms with Gasteiger partial charge in [0.25, 0.3) is 0 Å². The van der Waals surface area contributed by atoms with Crippen molar-refractivity contribution in [2.45, 2.75) is 45.2 Å². The van der Waals surface area contributed by atoms with Crippen LogP contribution in [0.1, 0.15) is 31.5 Å². The molecule has 0 aliphatic heterocycles. The SMILES string of the molecule is CC(C)NC1CCc2c(c3ccc(F)cc3n2C)C1. The van der Waals surface area contributed by atoms with Crippen molar-refractivity contribution in [1.82, 2.24) is 9.88 Å². The van der Waals surface area contributed by atoms with Crippen LogP contribution < -0.4 is 5.32 Å². The van der Waals surface area contributed by atoms with Crippen molar-refractivity contribution >= 4 is 10.9 Å². The van der Waals surface area contributed by atoms with Gasteiger partial charge in [0.05, 0.1) is 5.52 Å². The molecule has 3 heteroatoms. The summed E-state index contributed by atoms with van der Waals surface area (Å²) in [5, 5.41) is 4.84. The number of hydrogen-bond acceptors (Lipinski definition) is 1. The average Bonchev–Trinajstić information content (AvgIpc) is 2.62. The number of hydrogen-bond donors (Lipinski definition) is 1. The first-order chi connectivity index (χ1) is 9.06. The highest BCUT2D eigenvalue weighted by atomic mass is 19.1. The van der Waals surface area contributed by atoms with Gasteiger partial charge in [-0.2, -0.15) is 0 Å². The fraction of sp³-hybridized carbons (Fsp3) is 0.500. The highest BCUT2D eigenvalue weighted by molar-refractivity contribution is 5.86. The van der Waals surface area contributed by atoms with E-state index in [2.05, 4.69) is 30.8 Å². The number of aryl methyl sites for hydroxylation is 1. The number of aromatic nitrogens is 1. The van der Waals surface area contributed by atoms with Gasteiger partial charge in [-0.1, -0.05) is 13.8 Å². The van der Waals surface area contributed by atoms with Gasteiger partial charge in [0.2, 0.25) is 0 Å². The van der Waals surface area contributed by atoms with Gasteiger partial charge < -0.3 is 9.88 Å². The Balaban J connectivity index is 2.04. The Morgan fingerprint density at radius 3 is 2.89 bits per heavy atom. The van der Waals surface area contributed by atoms with E-state index in [4.69, 9.17) is 0 Å². The molecular weight excluding hydrogens is 239 g/mol. The van der Waals surface area contributed by atoms with Crippen molar-refractivity contribution in [3.05, 3.63) is 35.3 Å². The smallest absolute Gasteiger partial charge is 0.125 e. The van der Waals surface area contributed by atoms with Crippen LogP contribution in [0.3, 0.4) is 0 Å². The molecule has 0 radical (unpaired) electrons. The zero-order valence-corrected chi connectivity index (χ0v) is 11.8. The summed E-state index contributed by atoms with van der Waals surface area (Å²) in [5.74, 6) is -0.151. The minimum atomic E-state index is -0.151. The van der Waals surface area contributed by atoms with Crippen LogP contribution in [0.5, 0.6) is 0 Å². The van der Waals surface area contributed by atoms with Crippen LogP contribution >= 0.6 is 0 Å².